The maximum Gasteiger partial charge on any atom is 0.411 e. The highest BCUT2D eigenvalue weighted by atomic mass is 35.5. The first-order valence-corrected chi connectivity index (χ1v) is 15.0. The zero-order chi connectivity index (χ0) is 31.5. The van der Waals surface area contributed by atoms with E-state index in [1.54, 1.807) is 23.1 Å². The molecule has 3 heterocycles. The largest absolute Gasteiger partial charge is 0.453 e. The second kappa shape index (κ2) is 13.1. The number of hydrogen-bond acceptors (Lipinski definition) is 6. The topological polar surface area (TPSA) is 141 Å². The third kappa shape index (κ3) is 6.40. The molecule has 3 aliphatic heterocycles. The fourth-order valence-electron chi connectivity index (χ4n) is 6.43. The Labute approximate surface area is 259 Å². The molecule has 2 unspecified atom stereocenters. The zero-order valence-electron chi connectivity index (χ0n) is 24.4. The van der Waals surface area contributed by atoms with Crippen molar-refractivity contribution in [3.63, 3.8) is 0 Å². The van der Waals surface area contributed by atoms with Crippen LogP contribution >= 0.6 is 11.6 Å². The Hall–Kier alpha value is -4.43. The lowest BCUT2D eigenvalue weighted by atomic mass is 9.80. The van der Waals surface area contributed by atoms with E-state index in [0.29, 0.717) is 49.1 Å². The van der Waals surface area contributed by atoms with Crippen molar-refractivity contribution in [1.29, 1.82) is 5.26 Å². The van der Waals surface area contributed by atoms with E-state index in [0.717, 1.165) is 5.56 Å². The van der Waals surface area contributed by atoms with Crippen molar-refractivity contribution in [1.82, 2.24) is 10.2 Å². The molecule has 2 bridgehead atoms. The van der Waals surface area contributed by atoms with Crippen molar-refractivity contribution in [2.45, 2.75) is 63.5 Å². The van der Waals surface area contributed by atoms with E-state index in [2.05, 4.69) is 16.0 Å². The summed E-state index contributed by atoms with van der Waals surface area (Å²) in [6, 6.07) is 9.14. The van der Waals surface area contributed by atoms with Crippen LogP contribution in [0, 0.1) is 23.1 Å². The predicted octanol–water partition coefficient (Wildman–Crippen LogP) is 5.33. The fourth-order valence-corrected chi connectivity index (χ4v) is 6.59. The lowest BCUT2D eigenvalue weighted by molar-refractivity contribution is -0.132. The van der Waals surface area contributed by atoms with Crippen molar-refractivity contribution in [3.8, 4) is 6.07 Å². The molecule has 10 nitrogen and oxygen atoms in total. The molecule has 2 aromatic carbocycles. The molecular weight excluding hydrogens is 589 g/mol. The number of hydrogen-bond donors (Lipinski definition) is 3. The first-order chi connectivity index (χ1) is 21.1. The number of benzene rings is 2. The number of nitriles is 1. The van der Waals surface area contributed by atoms with Gasteiger partial charge in [0.05, 0.1) is 29.8 Å². The highest BCUT2D eigenvalue weighted by Crippen LogP contribution is 2.39. The smallest absolute Gasteiger partial charge is 0.411 e. The molecule has 0 aromatic heterocycles. The van der Waals surface area contributed by atoms with Gasteiger partial charge in [0.1, 0.15) is 0 Å². The number of nitrogens with one attached hydrogen (secondary N) is 3. The van der Waals surface area contributed by atoms with E-state index < -0.39 is 11.9 Å². The highest BCUT2D eigenvalue weighted by Gasteiger charge is 2.39. The van der Waals surface area contributed by atoms with Crippen LogP contribution in [0.25, 0.3) is 5.57 Å². The number of methoxy groups -OCH3 is 1. The van der Waals surface area contributed by atoms with Gasteiger partial charge in [0, 0.05) is 47.9 Å². The molecule has 1 saturated heterocycles. The summed E-state index contributed by atoms with van der Waals surface area (Å²) in [6.45, 7) is 2.10. The SMILES string of the molecule is COC(=O)Nc1ccc2c(c1)NC(=O)[C@H](C)CCC[C@H](N1CCC(c3c(C#N)ccc(Cl)c3F)=CC1=O)C1CC2CC(=O)N1. The van der Waals surface area contributed by atoms with E-state index in [-0.39, 0.29) is 70.8 Å². The minimum absolute atomic E-state index is 0.0372. The summed E-state index contributed by atoms with van der Waals surface area (Å²) in [5, 5.41) is 18.1. The Morgan fingerprint density at radius 2 is 2.00 bits per heavy atom. The number of fused-ring (bicyclic) bond motifs is 4. The second-order valence-corrected chi connectivity index (χ2v) is 11.9. The van der Waals surface area contributed by atoms with Gasteiger partial charge in [-0.05, 0) is 67.0 Å². The Morgan fingerprint density at radius 3 is 2.73 bits per heavy atom. The maximum atomic E-state index is 15.0. The van der Waals surface area contributed by atoms with Crippen molar-refractivity contribution in [2.75, 3.05) is 24.3 Å². The van der Waals surface area contributed by atoms with E-state index in [1.165, 1.54) is 25.3 Å². The van der Waals surface area contributed by atoms with Crippen LogP contribution in [0.3, 0.4) is 0 Å². The average Bonchev–Trinajstić information content (AvgIpc) is 3.00. The van der Waals surface area contributed by atoms with Gasteiger partial charge in [0.15, 0.2) is 5.82 Å². The summed E-state index contributed by atoms with van der Waals surface area (Å²) in [7, 11) is 1.26. The highest BCUT2D eigenvalue weighted by molar-refractivity contribution is 6.31. The molecule has 3 N–H and O–H groups in total. The number of carbonyl (C=O) groups is 4. The number of rotatable bonds is 3. The van der Waals surface area contributed by atoms with E-state index in [4.69, 9.17) is 16.3 Å². The molecule has 0 spiro atoms. The van der Waals surface area contributed by atoms with Crippen LogP contribution in [-0.2, 0) is 19.1 Å². The maximum absolute atomic E-state index is 15.0. The van der Waals surface area contributed by atoms with Gasteiger partial charge in [0.2, 0.25) is 17.7 Å². The summed E-state index contributed by atoms with van der Waals surface area (Å²) in [5.74, 6) is -2.04. The molecule has 44 heavy (non-hydrogen) atoms. The lowest BCUT2D eigenvalue weighted by Crippen LogP contribution is -2.57. The van der Waals surface area contributed by atoms with Gasteiger partial charge in [-0.1, -0.05) is 31.0 Å². The first-order valence-electron chi connectivity index (χ1n) is 14.6. The number of ether oxygens (including phenoxy) is 1. The number of amides is 4. The predicted molar refractivity (Wildman–Crippen MR) is 162 cm³/mol. The van der Waals surface area contributed by atoms with Crippen molar-refractivity contribution >= 4 is 52.4 Å². The number of piperidine rings is 1. The Bertz CT molecular complexity index is 1590. The van der Waals surface area contributed by atoms with Gasteiger partial charge < -0.3 is 20.3 Å². The molecule has 12 heteroatoms. The quantitative estimate of drug-likeness (QED) is 0.423. The summed E-state index contributed by atoms with van der Waals surface area (Å²) >= 11 is 6.00. The van der Waals surface area contributed by atoms with Crippen molar-refractivity contribution in [3.05, 3.63) is 63.9 Å². The van der Waals surface area contributed by atoms with Gasteiger partial charge in [-0.2, -0.15) is 5.26 Å². The standard InChI is InChI=1S/C32H33ClFN5O5/c1-17-4-3-5-26(39-11-10-18(14-28(39)41)29-19(16-35)6-9-23(33)30(29)34)25-12-20(13-27(40)37-25)22-8-7-21(36-32(43)44-2)15-24(22)38-31(17)42/h6-9,14-15,17,20,25-26H,3-5,10-13H2,1-2H3,(H,36,43)(H,37,40)(H,38,42)/t17-,20?,25?,26+/m1/s1. The van der Waals surface area contributed by atoms with Crippen molar-refractivity contribution in [2.24, 2.45) is 5.92 Å². The molecule has 0 radical (unpaired) electrons. The van der Waals surface area contributed by atoms with Gasteiger partial charge in [-0.25, -0.2) is 9.18 Å². The number of carbonyl (C=O) groups excluding carboxylic acids is 4. The number of nitrogens with zero attached hydrogens (tertiary/aromatic N) is 2. The Morgan fingerprint density at radius 1 is 1.20 bits per heavy atom. The van der Waals surface area contributed by atoms with E-state index >= 15 is 4.39 Å². The van der Waals surface area contributed by atoms with Crippen LogP contribution in [0.1, 0.15) is 68.1 Å². The molecule has 5 rings (SSSR count). The second-order valence-electron chi connectivity index (χ2n) is 11.5. The molecule has 2 aromatic rings. The summed E-state index contributed by atoms with van der Waals surface area (Å²) in [5.41, 5.74) is 2.23. The summed E-state index contributed by atoms with van der Waals surface area (Å²) < 4.78 is 19.7. The van der Waals surface area contributed by atoms with Crippen molar-refractivity contribution < 1.29 is 28.3 Å². The molecule has 0 aliphatic carbocycles. The van der Waals surface area contributed by atoms with Crippen LogP contribution in [0.2, 0.25) is 5.02 Å². The van der Waals surface area contributed by atoms with Gasteiger partial charge in [0.25, 0.3) is 0 Å². The van der Waals surface area contributed by atoms with Crippen LogP contribution in [-0.4, -0.2) is 54.5 Å². The molecule has 0 saturated carbocycles. The van der Waals surface area contributed by atoms with Crippen LogP contribution in [0.4, 0.5) is 20.6 Å². The van der Waals surface area contributed by atoms with Gasteiger partial charge in [-0.15, -0.1) is 0 Å². The van der Waals surface area contributed by atoms with Gasteiger partial charge in [-0.3, -0.25) is 19.7 Å². The third-order valence-electron chi connectivity index (χ3n) is 8.69. The Kier molecular flexibility index (Phi) is 9.20. The number of anilines is 2. The van der Waals surface area contributed by atoms with E-state index in [9.17, 15) is 24.4 Å². The summed E-state index contributed by atoms with van der Waals surface area (Å²) in [6.07, 6.45) is 3.43. The molecule has 4 atom stereocenters. The van der Waals surface area contributed by atoms with Crippen LogP contribution in [0.15, 0.2) is 36.4 Å². The molecule has 230 valence electrons. The zero-order valence-corrected chi connectivity index (χ0v) is 25.2. The third-order valence-corrected chi connectivity index (χ3v) is 8.98. The minimum Gasteiger partial charge on any atom is -0.453 e. The Balaban J connectivity index is 1.48. The molecular formula is C32H33ClFN5O5. The minimum atomic E-state index is -0.734. The molecule has 4 amide bonds. The lowest BCUT2D eigenvalue weighted by Gasteiger charge is -2.43. The summed E-state index contributed by atoms with van der Waals surface area (Å²) in [4.78, 5) is 53.5. The number of halogens is 2. The van der Waals surface area contributed by atoms with Crippen LogP contribution < -0.4 is 16.0 Å². The molecule has 3 aliphatic rings. The van der Waals surface area contributed by atoms with Crippen LogP contribution in [0.5, 0.6) is 0 Å². The monoisotopic (exact) mass is 621 g/mol. The van der Waals surface area contributed by atoms with E-state index in [1.807, 2.05) is 13.0 Å². The molecule has 1 fully saturated rings. The average molecular weight is 622 g/mol. The normalized spacial score (nSPS) is 23.9. The first kappa shape index (κ1) is 31.0. The fraction of sp³-hybridized carbons (Fsp3) is 0.406. The van der Waals surface area contributed by atoms with Gasteiger partial charge >= 0.3 is 6.09 Å².